The number of hydrogen-bond acceptors (Lipinski definition) is 5. The lowest BCUT2D eigenvalue weighted by Gasteiger charge is -2.15. The lowest BCUT2D eigenvalue weighted by Crippen LogP contribution is -2.34. The van der Waals surface area contributed by atoms with E-state index in [2.05, 4.69) is 5.32 Å². The number of rotatable bonds is 7. The van der Waals surface area contributed by atoms with Crippen LogP contribution in [0.2, 0.25) is 0 Å². The summed E-state index contributed by atoms with van der Waals surface area (Å²) < 4.78 is 10.8. The van der Waals surface area contributed by atoms with Gasteiger partial charge in [-0.05, 0) is 43.5 Å². The van der Waals surface area contributed by atoms with Gasteiger partial charge in [-0.3, -0.25) is 4.79 Å². The summed E-state index contributed by atoms with van der Waals surface area (Å²) in [6.45, 7) is 3.62. The molecule has 1 heterocycles. The number of ether oxygens (including phenoxy) is 1. The van der Waals surface area contributed by atoms with E-state index >= 15 is 0 Å². The Hall–Kier alpha value is -3.61. The molecule has 3 rings (SSSR count). The van der Waals surface area contributed by atoms with Crippen LogP contribution in [0.4, 0.5) is 0 Å². The van der Waals surface area contributed by atoms with Crippen molar-refractivity contribution in [1.29, 1.82) is 0 Å². The maximum absolute atomic E-state index is 12.5. The van der Waals surface area contributed by atoms with Gasteiger partial charge in [0, 0.05) is 22.9 Å². The van der Waals surface area contributed by atoms with E-state index in [-0.39, 0.29) is 12.8 Å². The Kier molecular flexibility index (Phi) is 6.20. The Morgan fingerprint density at radius 2 is 1.80 bits per heavy atom. The van der Waals surface area contributed by atoms with Gasteiger partial charge < -0.3 is 19.6 Å². The first kappa shape index (κ1) is 21.1. The molecule has 0 aliphatic heterocycles. The summed E-state index contributed by atoms with van der Waals surface area (Å²) in [5.74, 6) is -0.991. The molecular weight excluding hydrogens is 386 g/mol. The molecule has 0 fully saturated rings. The van der Waals surface area contributed by atoms with E-state index < -0.39 is 23.5 Å². The van der Waals surface area contributed by atoms with Gasteiger partial charge in [0.05, 0.1) is 7.11 Å². The van der Waals surface area contributed by atoms with Crippen molar-refractivity contribution in [2.75, 3.05) is 7.11 Å². The molecule has 1 aromatic heterocycles. The zero-order chi connectivity index (χ0) is 21.8. The molecule has 7 nitrogen and oxygen atoms in total. The average Bonchev–Trinajstić information content (AvgIpc) is 2.73. The van der Waals surface area contributed by atoms with Crippen LogP contribution in [0.3, 0.4) is 0 Å². The number of carbonyl (C=O) groups excluding carboxylic acids is 1. The van der Waals surface area contributed by atoms with Gasteiger partial charge in [-0.1, -0.05) is 30.3 Å². The summed E-state index contributed by atoms with van der Waals surface area (Å²) in [7, 11) is 1.55. The zero-order valence-electron chi connectivity index (χ0n) is 17.0. The first-order valence-electron chi connectivity index (χ1n) is 9.50. The van der Waals surface area contributed by atoms with E-state index in [4.69, 9.17) is 9.15 Å². The minimum Gasteiger partial charge on any atom is -0.496 e. The topological polar surface area (TPSA) is 106 Å². The van der Waals surface area contributed by atoms with Crippen molar-refractivity contribution in [2.24, 2.45) is 0 Å². The number of aliphatic carboxylic acids is 1. The van der Waals surface area contributed by atoms with Crippen molar-refractivity contribution in [3.8, 4) is 5.75 Å². The Morgan fingerprint density at radius 1 is 1.10 bits per heavy atom. The highest BCUT2D eigenvalue weighted by Gasteiger charge is 2.22. The summed E-state index contributed by atoms with van der Waals surface area (Å²) >= 11 is 0. The predicted molar refractivity (Wildman–Crippen MR) is 112 cm³/mol. The van der Waals surface area contributed by atoms with E-state index in [1.54, 1.807) is 43.5 Å². The van der Waals surface area contributed by atoms with E-state index in [9.17, 15) is 19.5 Å². The quantitative estimate of drug-likeness (QED) is 0.580. The molecule has 0 saturated carbocycles. The number of amides is 1. The van der Waals surface area contributed by atoms with Crippen molar-refractivity contribution in [2.45, 2.75) is 32.7 Å². The van der Waals surface area contributed by atoms with Crippen molar-refractivity contribution in [3.63, 3.8) is 0 Å². The van der Waals surface area contributed by atoms with E-state index in [0.717, 1.165) is 16.5 Å². The number of nitrogens with one attached hydrogen (secondary N) is 1. The summed E-state index contributed by atoms with van der Waals surface area (Å²) in [5.41, 5.74) is 2.28. The Balaban J connectivity index is 1.80. The van der Waals surface area contributed by atoms with Crippen molar-refractivity contribution in [1.82, 2.24) is 5.32 Å². The van der Waals surface area contributed by atoms with Crippen LogP contribution in [0.15, 0.2) is 51.7 Å². The van der Waals surface area contributed by atoms with Gasteiger partial charge in [0.25, 0.3) is 0 Å². The van der Waals surface area contributed by atoms with Crippen LogP contribution in [-0.4, -0.2) is 24.1 Å². The lowest BCUT2D eigenvalue weighted by molar-refractivity contribution is -0.142. The van der Waals surface area contributed by atoms with Crippen LogP contribution in [-0.2, 0) is 16.0 Å². The second-order valence-electron chi connectivity index (χ2n) is 7.01. The summed E-state index contributed by atoms with van der Waals surface area (Å²) in [6, 6.07) is 10.9. The monoisotopic (exact) mass is 409 g/mol. The number of methoxy groups -OCH3 is 1. The van der Waals surface area contributed by atoms with Crippen molar-refractivity contribution in [3.05, 3.63) is 75.1 Å². The SMILES string of the molecule is COc1ccc2c(C)c(CCC(=O)NC(C(=O)O)c3ccccc3)c(=O)oc2c1C. The minimum absolute atomic E-state index is 0.0388. The third-order valence-electron chi connectivity index (χ3n) is 5.16. The van der Waals surface area contributed by atoms with Crippen LogP contribution in [0, 0.1) is 13.8 Å². The lowest BCUT2D eigenvalue weighted by atomic mass is 10.00. The Morgan fingerprint density at radius 3 is 2.43 bits per heavy atom. The predicted octanol–water partition coefficient (Wildman–Crippen LogP) is 3.29. The normalized spacial score (nSPS) is 11.8. The number of aryl methyl sites for hydroxylation is 2. The Labute approximate surface area is 173 Å². The molecule has 0 radical (unpaired) electrons. The fourth-order valence-electron chi connectivity index (χ4n) is 3.49. The fourth-order valence-corrected chi connectivity index (χ4v) is 3.49. The fraction of sp³-hybridized carbons (Fsp3) is 0.261. The smallest absolute Gasteiger partial charge is 0.339 e. The highest BCUT2D eigenvalue weighted by molar-refractivity contribution is 5.86. The molecule has 1 atom stereocenters. The highest BCUT2D eigenvalue weighted by Crippen LogP contribution is 2.29. The Bertz CT molecular complexity index is 1150. The van der Waals surface area contributed by atoms with E-state index in [0.29, 0.717) is 22.5 Å². The molecule has 7 heteroatoms. The molecule has 1 unspecified atom stereocenters. The molecule has 0 aliphatic rings. The van der Waals surface area contributed by atoms with Crippen LogP contribution < -0.4 is 15.7 Å². The van der Waals surface area contributed by atoms with Crippen LogP contribution >= 0.6 is 0 Å². The van der Waals surface area contributed by atoms with Gasteiger partial charge in [0.15, 0.2) is 6.04 Å². The summed E-state index contributed by atoms with van der Waals surface area (Å²) in [4.78, 5) is 36.5. The van der Waals surface area contributed by atoms with Gasteiger partial charge in [-0.25, -0.2) is 9.59 Å². The summed E-state index contributed by atoms with van der Waals surface area (Å²) in [6.07, 6.45) is 0.102. The minimum atomic E-state index is -1.15. The molecule has 1 amide bonds. The van der Waals surface area contributed by atoms with Crippen LogP contribution in [0.25, 0.3) is 11.0 Å². The molecule has 3 aromatic rings. The van der Waals surface area contributed by atoms with Crippen molar-refractivity contribution >= 4 is 22.8 Å². The second-order valence-corrected chi connectivity index (χ2v) is 7.01. The molecule has 0 aliphatic carbocycles. The van der Waals surface area contributed by atoms with E-state index in [1.807, 2.05) is 19.9 Å². The standard InChI is InChI=1S/C23H23NO6/c1-13-16-9-11-18(29-3)14(2)21(16)30-23(28)17(13)10-12-19(25)24-20(22(26)27)15-7-5-4-6-8-15/h4-9,11,20H,10,12H2,1-3H3,(H,24,25)(H,26,27). The molecule has 0 spiro atoms. The first-order valence-corrected chi connectivity index (χ1v) is 9.50. The van der Waals surface area contributed by atoms with E-state index in [1.165, 1.54) is 0 Å². The number of carboxylic acid groups (broad SMARTS) is 1. The number of carboxylic acids is 1. The molecular formula is C23H23NO6. The van der Waals surface area contributed by atoms with Crippen LogP contribution in [0.1, 0.15) is 34.7 Å². The number of hydrogen-bond donors (Lipinski definition) is 2. The van der Waals surface area contributed by atoms with Gasteiger partial charge in [-0.15, -0.1) is 0 Å². The number of benzene rings is 2. The van der Waals surface area contributed by atoms with Crippen molar-refractivity contribution < 1.29 is 23.8 Å². The van der Waals surface area contributed by atoms with Gasteiger partial charge in [0.1, 0.15) is 11.3 Å². The average molecular weight is 409 g/mol. The number of fused-ring (bicyclic) bond motifs is 1. The van der Waals surface area contributed by atoms with Gasteiger partial charge in [-0.2, -0.15) is 0 Å². The van der Waals surface area contributed by atoms with Gasteiger partial charge in [0.2, 0.25) is 5.91 Å². The first-order chi connectivity index (χ1) is 14.3. The van der Waals surface area contributed by atoms with Gasteiger partial charge >= 0.3 is 11.6 Å². The maximum Gasteiger partial charge on any atom is 0.339 e. The molecule has 0 bridgehead atoms. The molecule has 30 heavy (non-hydrogen) atoms. The maximum atomic E-state index is 12.5. The third kappa shape index (κ3) is 4.20. The largest absolute Gasteiger partial charge is 0.496 e. The third-order valence-corrected chi connectivity index (χ3v) is 5.16. The molecule has 2 N–H and O–H groups in total. The highest BCUT2D eigenvalue weighted by atomic mass is 16.5. The zero-order valence-corrected chi connectivity index (χ0v) is 17.0. The molecule has 156 valence electrons. The number of carbonyl (C=O) groups is 2. The second kappa shape index (κ2) is 8.82. The van der Waals surface area contributed by atoms with Crippen LogP contribution in [0.5, 0.6) is 5.75 Å². The summed E-state index contributed by atoms with van der Waals surface area (Å²) in [5, 5.41) is 12.7. The molecule has 2 aromatic carbocycles. The molecule has 0 saturated heterocycles.